The van der Waals surface area contributed by atoms with Gasteiger partial charge in [-0.2, -0.15) is 0 Å². The van der Waals surface area contributed by atoms with Gasteiger partial charge < -0.3 is 14.9 Å². The molecule has 0 saturated heterocycles. The van der Waals surface area contributed by atoms with Gasteiger partial charge in [-0.25, -0.2) is 9.78 Å². The van der Waals surface area contributed by atoms with Crippen molar-refractivity contribution in [2.24, 2.45) is 0 Å². The number of carboxylic acids is 1. The molecule has 3 aromatic rings. The van der Waals surface area contributed by atoms with Gasteiger partial charge in [-0.05, 0) is 42.5 Å². The summed E-state index contributed by atoms with van der Waals surface area (Å²) in [6, 6.07) is 11.1. The molecule has 0 aliphatic carbocycles. The van der Waals surface area contributed by atoms with E-state index in [4.69, 9.17) is 16.3 Å². The predicted molar refractivity (Wildman–Crippen MR) is 87.4 cm³/mol. The summed E-state index contributed by atoms with van der Waals surface area (Å²) in [6.45, 7) is 0. The van der Waals surface area contributed by atoms with Crippen LogP contribution in [0.5, 0.6) is 11.5 Å². The highest BCUT2D eigenvalue weighted by Gasteiger charge is 2.14. The van der Waals surface area contributed by atoms with Crippen LogP contribution < -0.4 is 4.74 Å². The Balaban J connectivity index is 2.26. The number of aromatic carboxylic acids is 1. The molecule has 0 spiro atoms. The summed E-state index contributed by atoms with van der Waals surface area (Å²) < 4.78 is 5.08. The Hall–Kier alpha value is -2.79. The Kier molecular flexibility index (Phi) is 3.80. The Labute approximate surface area is 136 Å². The van der Waals surface area contributed by atoms with E-state index in [2.05, 4.69) is 4.98 Å². The van der Waals surface area contributed by atoms with Crippen LogP contribution in [-0.4, -0.2) is 28.3 Å². The number of carboxylic acid groups (broad SMARTS) is 1. The van der Waals surface area contributed by atoms with E-state index in [9.17, 15) is 15.0 Å². The number of aromatic nitrogens is 1. The number of rotatable bonds is 3. The standard InChI is InChI=1S/C17H12ClNO4/c1-23-16-6-9(2-5-15(16)20)14-8-12(17(21)22)11-7-10(18)3-4-13(11)19-14/h2-8,20H,1H3,(H,21,22). The van der Waals surface area contributed by atoms with Gasteiger partial charge >= 0.3 is 5.97 Å². The van der Waals surface area contributed by atoms with E-state index >= 15 is 0 Å². The van der Waals surface area contributed by atoms with Crippen LogP contribution in [0.2, 0.25) is 5.02 Å². The van der Waals surface area contributed by atoms with Gasteiger partial charge in [0.1, 0.15) is 0 Å². The number of fused-ring (bicyclic) bond motifs is 1. The molecule has 2 aromatic carbocycles. The smallest absolute Gasteiger partial charge is 0.336 e. The SMILES string of the molecule is COc1cc(-c2cc(C(=O)O)c3cc(Cl)ccc3n2)ccc1O. The van der Waals surface area contributed by atoms with E-state index < -0.39 is 5.97 Å². The minimum absolute atomic E-state index is 0.00211. The van der Waals surface area contributed by atoms with Gasteiger partial charge in [0.15, 0.2) is 11.5 Å². The van der Waals surface area contributed by atoms with Crippen LogP contribution >= 0.6 is 11.6 Å². The largest absolute Gasteiger partial charge is 0.504 e. The third-order valence-corrected chi connectivity index (χ3v) is 3.71. The van der Waals surface area contributed by atoms with Crippen molar-refractivity contribution in [2.75, 3.05) is 7.11 Å². The molecule has 0 radical (unpaired) electrons. The van der Waals surface area contributed by atoms with Crippen molar-refractivity contribution in [3.63, 3.8) is 0 Å². The number of hydrogen-bond acceptors (Lipinski definition) is 4. The number of halogens is 1. The molecule has 6 heteroatoms. The lowest BCUT2D eigenvalue weighted by Gasteiger charge is -2.09. The number of pyridine rings is 1. The van der Waals surface area contributed by atoms with Gasteiger partial charge in [-0.3, -0.25) is 0 Å². The summed E-state index contributed by atoms with van der Waals surface area (Å²) >= 11 is 5.94. The minimum Gasteiger partial charge on any atom is -0.504 e. The molecule has 0 unspecified atom stereocenters. The maximum absolute atomic E-state index is 11.6. The van der Waals surface area contributed by atoms with Crippen LogP contribution in [-0.2, 0) is 0 Å². The van der Waals surface area contributed by atoms with E-state index in [1.807, 2.05) is 0 Å². The first-order valence-corrected chi connectivity index (χ1v) is 7.08. The van der Waals surface area contributed by atoms with E-state index in [-0.39, 0.29) is 17.1 Å². The van der Waals surface area contributed by atoms with E-state index in [0.29, 0.717) is 27.2 Å². The molecule has 116 valence electrons. The lowest BCUT2D eigenvalue weighted by atomic mass is 10.0. The van der Waals surface area contributed by atoms with Crippen molar-refractivity contribution >= 4 is 28.5 Å². The number of phenolic OH excluding ortho intramolecular Hbond substituents is 1. The summed E-state index contributed by atoms with van der Waals surface area (Å²) in [7, 11) is 1.44. The summed E-state index contributed by atoms with van der Waals surface area (Å²) in [5.41, 5.74) is 1.74. The van der Waals surface area contributed by atoms with E-state index in [1.54, 1.807) is 30.3 Å². The molecule has 5 nitrogen and oxygen atoms in total. The Morgan fingerprint density at radius 3 is 2.65 bits per heavy atom. The average molecular weight is 330 g/mol. The highest BCUT2D eigenvalue weighted by molar-refractivity contribution is 6.31. The Bertz CT molecular complexity index is 924. The summed E-state index contributed by atoms with van der Waals surface area (Å²) in [4.78, 5) is 16.0. The summed E-state index contributed by atoms with van der Waals surface area (Å²) in [5.74, 6) is -0.772. The zero-order valence-electron chi connectivity index (χ0n) is 12.1. The number of hydrogen-bond donors (Lipinski definition) is 2. The first-order valence-electron chi connectivity index (χ1n) is 6.70. The third kappa shape index (κ3) is 2.78. The molecule has 2 N–H and O–H groups in total. The fraction of sp³-hybridized carbons (Fsp3) is 0.0588. The van der Waals surface area contributed by atoms with Crippen LogP contribution in [0.1, 0.15) is 10.4 Å². The number of carbonyl (C=O) groups is 1. The van der Waals surface area contributed by atoms with Crippen molar-refractivity contribution in [2.45, 2.75) is 0 Å². The van der Waals surface area contributed by atoms with Crippen LogP contribution in [0.25, 0.3) is 22.2 Å². The third-order valence-electron chi connectivity index (χ3n) is 3.48. The maximum atomic E-state index is 11.6. The second-order valence-electron chi connectivity index (χ2n) is 4.91. The minimum atomic E-state index is -1.06. The van der Waals surface area contributed by atoms with Gasteiger partial charge in [0, 0.05) is 16.0 Å². The van der Waals surface area contributed by atoms with Crippen molar-refractivity contribution in [1.82, 2.24) is 4.98 Å². The first-order chi connectivity index (χ1) is 11.0. The van der Waals surface area contributed by atoms with Crippen molar-refractivity contribution in [3.8, 4) is 22.8 Å². The molecule has 3 rings (SSSR count). The highest BCUT2D eigenvalue weighted by Crippen LogP contribution is 2.32. The van der Waals surface area contributed by atoms with Gasteiger partial charge in [0.05, 0.1) is 23.9 Å². The van der Waals surface area contributed by atoms with E-state index in [1.165, 1.54) is 19.2 Å². The van der Waals surface area contributed by atoms with Crippen molar-refractivity contribution in [3.05, 3.63) is 53.1 Å². The lowest BCUT2D eigenvalue weighted by molar-refractivity contribution is 0.0699. The first kappa shape index (κ1) is 15.1. The predicted octanol–water partition coefficient (Wildman–Crippen LogP) is 3.97. The summed E-state index contributed by atoms with van der Waals surface area (Å²) in [5, 5.41) is 20.0. The van der Waals surface area contributed by atoms with E-state index in [0.717, 1.165) is 0 Å². The van der Waals surface area contributed by atoms with Gasteiger partial charge in [0.25, 0.3) is 0 Å². The van der Waals surface area contributed by atoms with Crippen LogP contribution in [0.4, 0.5) is 0 Å². The second-order valence-corrected chi connectivity index (χ2v) is 5.34. The molecule has 0 amide bonds. The number of nitrogens with zero attached hydrogens (tertiary/aromatic N) is 1. The zero-order chi connectivity index (χ0) is 16.6. The zero-order valence-corrected chi connectivity index (χ0v) is 12.8. The molecular formula is C17H12ClNO4. The average Bonchev–Trinajstić information content (AvgIpc) is 2.54. The fourth-order valence-electron chi connectivity index (χ4n) is 2.36. The highest BCUT2D eigenvalue weighted by atomic mass is 35.5. The normalized spacial score (nSPS) is 10.7. The Morgan fingerprint density at radius 2 is 1.96 bits per heavy atom. The number of benzene rings is 2. The second kappa shape index (κ2) is 5.78. The quantitative estimate of drug-likeness (QED) is 0.760. The monoisotopic (exact) mass is 329 g/mol. The summed E-state index contributed by atoms with van der Waals surface area (Å²) in [6.07, 6.45) is 0. The molecule has 0 bridgehead atoms. The molecule has 0 aliphatic heterocycles. The number of ether oxygens (including phenoxy) is 1. The molecule has 1 aromatic heterocycles. The number of phenols is 1. The molecule has 0 saturated carbocycles. The molecular weight excluding hydrogens is 318 g/mol. The molecule has 0 aliphatic rings. The van der Waals surface area contributed by atoms with Crippen molar-refractivity contribution in [1.29, 1.82) is 0 Å². The number of aromatic hydroxyl groups is 1. The molecule has 0 atom stereocenters. The van der Waals surface area contributed by atoms with Gasteiger partial charge in [-0.1, -0.05) is 11.6 Å². The molecule has 1 heterocycles. The fourth-order valence-corrected chi connectivity index (χ4v) is 2.53. The van der Waals surface area contributed by atoms with Crippen LogP contribution in [0.15, 0.2) is 42.5 Å². The van der Waals surface area contributed by atoms with Crippen molar-refractivity contribution < 1.29 is 19.7 Å². The molecule has 23 heavy (non-hydrogen) atoms. The van der Waals surface area contributed by atoms with Gasteiger partial charge in [0.2, 0.25) is 0 Å². The molecule has 0 fully saturated rings. The van der Waals surface area contributed by atoms with Crippen LogP contribution in [0.3, 0.4) is 0 Å². The Morgan fingerprint density at radius 1 is 1.17 bits per heavy atom. The lowest BCUT2D eigenvalue weighted by Crippen LogP contribution is -2.00. The van der Waals surface area contributed by atoms with Crippen LogP contribution in [0, 0.1) is 0 Å². The van der Waals surface area contributed by atoms with Gasteiger partial charge in [-0.15, -0.1) is 0 Å². The topological polar surface area (TPSA) is 79.7 Å². The number of methoxy groups -OCH3 is 1. The maximum Gasteiger partial charge on any atom is 0.336 e.